The van der Waals surface area contributed by atoms with Gasteiger partial charge in [-0.05, 0) is 18.7 Å². The second kappa shape index (κ2) is 4.18. The second-order valence-electron chi connectivity index (χ2n) is 2.33. The van der Waals surface area contributed by atoms with Crippen molar-refractivity contribution in [2.45, 2.75) is 6.42 Å². The molecule has 0 saturated carbocycles. The van der Waals surface area contributed by atoms with Gasteiger partial charge in [-0.15, -0.1) is 0 Å². The Balaban J connectivity index is 2.75. The van der Waals surface area contributed by atoms with Crippen molar-refractivity contribution >= 4 is 17.4 Å². The molecular weight excluding hydrogens is 176 g/mol. The summed E-state index contributed by atoms with van der Waals surface area (Å²) < 4.78 is 0. The summed E-state index contributed by atoms with van der Waals surface area (Å²) in [6.07, 6.45) is 1.81. The average molecular weight is 185 g/mol. The molecule has 0 saturated heterocycles. The Morgan fingerprint density at radius 3 is 2.83 bits per heavy atom. The lowest BCUT2D eigenvalue weighted by Gasteiger charge is -1.97. The minimum absolute atomic E-state index is 0.00154. The van der Waals surface area contributed by atoms with Crippen LogP contribution in [0.15, 0.2) is 18.3 Å². The molecule has 0 aliphatic carbocycles. The van der Waals surface area contributed by atoms with E-state index in [0.29, 0.717) is 23.7 Å². The van der Waals surface area contributed by atoms with Crippen molar-refractivity contribution in [2.75, 3.05) is 6.54 Å². The molecule has 1 aromatic heterocycles. The Morgan fingerprint density at radius 2 is 2.33 bits per heavy atom. The van der Waals surface area contributed by atoms with Gasteiger partial charge in [-0.1, -0.05) is 11.6 Å². The molecule has 0 unspecified atom stereocenters. The summed E-state index contributed by atoms with van der Waals surface area (Å²) in [7, 11) is 0. The van der Waals surface area contributed by atoms with Crippen LogP contribution < -0.4 is 5.73 Å². The van der Waals surface area contributed by atoms with Crippen molar-refractivity contribution in [1.29, 1.82) is 0 Å². The van der Waals surface area contributed by atoms with E-state index in [1.807, 2.05) is 0 Å². The number of rotatable bonds is 3. The Bertz CT molecular complexity index is 271. The molecule has 0 spiro atoms. The molecule has 0 aromatic carbocycles. The quantitative estimate of drug-likeness (QED) is 0.569. The van der Waals surface area contributed by atoms with Gasteiger partial charge in [-0.25, -0.2) is 4.98 Å². The van der Waals surface area contributed by atoms with E-state index in [1.54, 1.807) is 12.1 Å². The third-order valence-corrected chi connectivity index (χ3v) is 1.64. The topological polar surface area (TPSA) is 56.0 Å². The van der Waals surface area contributed by atoms with E-state index in [4.69, 9.17) is 17.3 Å². The Morgan fingerprint density at radius 1 is 1.58 bits per heavy atom. The monoisotopic (exact) mass is 184 g/mol. The third kappa shape index (κ3) is 2.29. The van der Waals surface area contributed by atoms with E-state index < -0.39 is 0 Å². The van der Waals surface area contributed by atoms with Crippen LogP contribution in [0.5, 0.6) is 0 Å². The van der Waals surface area contributed by atoms with Crippen molar-refractivity contribution in [3.63, 3.8) is 0 Å². The lowest BCUT2D eigenvalue weighted by molar-refractivity contribution is 0.0985. The number of aromatic nitrogens is 1. The predicted molar refractivity (Wildman–Crippen MR) is 47.2 cm³/mol. The van der Waals surface area contributed by atoms with Crippen molar-refractivity contribution < 1.29 is 4.79 Å². The maximum Gasteiger partial charge on any atom is 0.165 e. The van der Waals surface area contributed by atoms with Crippen LogP contribution in [-0.4, -0.2) is 17.3 Å². The first-order valence-electron chi connectivity index (χ1n) is 3.59. The molecular formula is C8H9ClN2O. The fourth-order valence-corrected chi connectivity index (χ4v) is 0.928. The molecule has 0 radical (unpaired) electrons. The smallest absolute Gasteiger partial charge is 0.165 e. The number of hydrogen-bond acceptors (Lipinski definition) is 3. The SMILES string of the molecule is NCCC(=O)c1ccc(Cl)nc1. The summed E-state index contributed by atoms with van der Waals surface area (Å²) in [4.78, 5) is 15.0. The molecule has 1 aromatic rings. The average Bonchev–Trinajstić information content (AvgIpc) is 2.06. The molecule has 4 heteroatoms. The lowest BCUT2D eigenvalue weighted by Crippen LogP contribution is -2.08. The van der Waals surface area contributed by atoms with Gasteiger partial charge < -0.3 is 5.73 Å². The summed E-state index contributed by atoms with van der Waals surface area (Å²) >= 11 is 5.55. The van der Waals surface area contributed by atoms with E-state index in [1.165, 1.54) is 6.20 Å². The van der Waals surface area contributed by atoms with Gasteiger partial charge in [0.2, 0.25) is 0 Å². The van der Waals surface area contributed by atoms with E-state index in [0.717, 1.165) is 0 Å². The highest BCUT2D eigenvalue weighted by Crippen LogP contribution is 2.06. The van der Waals surface area contributed by atoms with Gasteiger partial charge >= 0.3 is 0 Å². The van der Waals surface area contributed by atoms with Crippen LogP contribution in [0.1, 0.15) is 16.8 Å². The number of nitrogens with two attached hydrogens (primary N) is 1. The Kier molecular flexibility index (Phi) is 3.19. The zero-order valence-corrected chi connectivity index (χ0v) is 7.21. The third-order valence-electron chi connectivity index (χ3n) is 1.42. The molecule has 12 heavy (non-hydrogen) atoms. The first kappa shape index (κ1) is 9.16. The maximum absolute atomic E-state index is 11.2. The summed E-state index contributed by atoms with van der Waals surface area (Å²) in [5.74, 6) is 0.00154. The highest BCUT2D eigenvalue weighted by Gasteiger charge is 2.03. The second-order valence-corrected chi connectivity index (χ2v) is 2.72. The molecule has 64 valence electrons. The fraction of sp³-hybridized carbons (Fsp3) is 0.250. The molecule has 1 heterocycles. The van der Waals surface area contributed by atoms with Gasteiger partial charge in [0.15, 0.2) is 5.78 Å². The van der Waals surface area contributed by atoms with E-state index in [2.05, 4.69) is 4.98 Å². The first-order valence-corrected chi connectivity index (χ1v) is 3.96. The number of nitrogens with zero attached hydrogens (tertiary/aromatic N) is 1. The molecule has 0 aliphatic heterocycles. The largest absolute Gasteiger partial charge is 0.330 e. The Hall–Kier alpha value is -0.930. The molecule has 3 nitrogen and oxygen atoms in total. The van der Waals surface area contributed by atoms with E-state index >= 15 is 0 Å². The predicted octanol–water partition coefficient (Wildman–Crippen LogP) is 1.27. The van der Waals surface area contributed by atoms with Crippen LogP contribution in [-0.2, 0) is 0 Å². The van der Waals surface area contributed by atoms with Crippen LogP contribution in [0.3, 0.4) is 0 Å². The van der Waals surface area contributed by atoms with Gasteiger partial charge in [0.1, 0.15) is 5.15 Å². The van der Waals surface area contributed by atoms with Gasteiger partial charge in [0.05, 0.1) is 0 Å². The van der Waals surface area contributed by atoms with Crippen molar-refractivity contribution in [3.8, 4) is 0 Å². The number of Topliss-reactive ketones (excluding diaryl/α,β-unsaturated/α-hetero) is 1. The van der Waals surface area contributed by atoms with Crippen molar-refractivity contribution in [1.82, 2.24) is 4.98 Å². The molecule has 1 rings (SSSR count). The zero-order valence-electron chi connectivity index (χ0n) is 6.46. The lowest BCUT2D eigenvalue weighted by atomic mass is 10.1. The van der Waals surface area contributed by atoms with E-state index in [9.17, 15) is 4.79 Å². The molecule has 0 fully saturated rings. The van der Waals surface area contributed by atoms with Crippen LogP contribution in [0.4, 0.5) is 0 Å². The standard InChI is InChI=1S/C8H9ClN2O/c9-8-2-1-6(5-11-8)7(12)3-4-10/h1-2,5H,3-4,10H2. The Labute approximate surface area is 75.6 Å². The van der Waals surface area contributed by atoms with Crippen LogP contribution >= 0.6 is 11.6 Å². The summed E-state index contributed by atoms with van der Waals surface area (Å²) in [5, 5.41) is 0.388. The van der Waals surface area contributed by atoms with Gasteiger partial charge in [0, 0.05) is 18.2 Å². The fourth-order valence-electron chi connectivity index (χ4n) is 0.816. The van der Waals surface area contributed by atoms with Crippen molar-refractivity contribution in [3.05, 3.63) is 29.0 Å². The van der Waals surface area contributed by atoms with Crippen LogP contribution in [0, 0.1) is 0 Å². The summed E-state index contributed by atoms with van der Waals surface area (Å²) in [6.45, 7) is 0.363. The zero-order chi connectivity index (χ0) is 8.97. The molecule has 0 aliphatic rings. The maximum atomic E-state index is 11.2. The molecule has 2 N–H and O–H groups in total. The van der Waals surface area contributed by atoms with Crippen molar-refractivity contribution in [2.24, 2.45) is 5.73 Å². The molecule has 0 bridgehead atoms. The minimum atomic E-state index is 0.00154. The summed E-state index contributed by atoms with van der Waals surface area (Å²) in [5.41, 5.74) is 5.79. The molecule has 0 amide bonds. The normalized spacial score (nSPS) is 9.83. The first-order chi connectivity index (χ1) is 5.74. The number of carbonyl (C=O) groups is 1. The van der Waals surface area contributed by atoms with Gasteiger partial charge in [-0.3, -0.25) is 4.79 Å². The van der Waals surface area contributed by atoms with Crippen LogP contribution in [0.25, 0.3) is 0 Å². The number of carbonyl (C=O) groups excluding carboxylic acids is 1. The number of hydrogen-bond donors (Lipinski definition) is 1. The van der Waals surface area contributed by atoms with E-state index in [-0.39, 0.29) is 5.78 Å². The highest BCUT2D eigenvalue weighted by molar-refractivity contribution is 6.29. The van der Waals surface area contributed by atoms with Gasteiger partial charge in [-0.2, -0.15) is 0 Å². The summed E-state index contributed by atoms with van der Waals surface area (Å²) in [6, 6.07) is 3.23. The van der Waals surface area contributed by atoms with Crippen LogP contribution in [0.2, 0.25) is 5.15 Å². The minimum Gasteiger partial charge on any atom is -0.330 e. The number of ketones is 1. The number of pyridine rings is 1. The molecule has 0 atom stereocenters. The highest BCUT2D eigenvalue weighted by atomic mass is 35.5. The van der Waals surface area contributed by atoms with Gasteiger partial charge in [0.25, 0.3) is 0 Å². The number of halogens is 1.